The molecule has 0 atom stereocenters. The summed E-state index contributed by atoms with van der Waals surface area (Å²) >= 11 is 0. The van der Waals surface area contributed by atoms with Gasteiger partial charge in [0.2, 0.25) is 0 Å². The predicted molar refractivity (Wildman–Crippen MR) is 85.6 cm³/mol. The molecule has 2 aromatic heterocycles. The summed E-state index contributed by atoms with van der Waals surface area (Å²) in [6.07, 6.45) is 6.49. The Labute approximate surface area is 126 Å². The van der Waals surface area contributed by atoms with Crippen molar-refractivity contribution in [2.24, 2.45) is 7.05 Å². The molecular weight excluding hydrogens is 264 g/mol. The standard InChI is InChI=1S/C15H24N6/c1-4-6-13-14(16-5-2)18-11-19-15(13)17-9-7-12-8-10-21(3)20-12/h8,10-11H,4-7,9H2,1-3H3,(H2,16,17,18,19). The number of rotatable bonds is 8. The quantitative estimate of drug-likeness (QED) is 0.780. The summed E-state index contributed by atoms with van der Waals surface area (Å²) in [6, 6.07) is 2.04. The maximum atomic E-state index is 4.39. The summed E-state index contributed by atoms with van der Waals surface area (Å²) in [5.74, 6) is 1.87. The van der Waals surface area contributed by atoms with Crippen molar-refractivity contribution in [1.82, 2.24) is 19.7 Å². The molecule has 0 fully saturated rings. The van der Waals surface area contributed by atoms with E-state index in [-0.39, 0.29) is 0 Å². The Morgan fingerprint density at radius 2 is 1.86 bits per heavy atom. The Bertz CT molecular complexity index is 563. The van der Waals surface area contributed by atoms with E-state index in [1.807, 2.05) is 24.0 Å². The first-order chi connectivity index (χ1) is 10.2. The van der Waals surface area contributed by atoms with E-state index < -0.39 is 0 Å². The van der Waals surface area contributed by atoms with Crippen LogP contribution in [0.25, 0.3) is 0 Å². The highest BCUT2D eigenvalue weighted by Gasteiger charge is 2.10. The summed E-state index contributed by atoms with van der Waals surface area (Å²) in [6.45, 7) is 5.92. The Hall–Kier alpha value is -2.11. The zero-order valence-electron chi connectivity index (χ0n) is 13.1. The molecule has 2 aromatic rings. The van der Waals surface area contributed by atoms with Gasteiger partial charge in [-0.15, -0.1) is 0 Å². The second-order valence-electron chi connectivity index (χ2n) is 4.99. The number of nitrogens with one attached hydrogen (secondary N) is 2. The van der Waals surface area contributed by atoms with Gasteiger partial charge in [-0.25, -0.2) is 9.97 Å². The molecule has 114 valence electrons. The highest BCUT2D eigenvalue weighted by atomic mass is 15.2. The van der Waals surface area contributed by atoms with Crippen LogP contribution in [0.4, 0.5) is 11.6 Å². The monoisotopic (exact) mass is 288 g/mol. The van der Waals surface area contributed by atoms with E-state index in [0.29, 0.717) is 0 Å². The molecular formula is C15H24N6. The average molecular weight is 288 g/mol. The van der Waals surface area contributed by atoms with E-state index in [0.717, 1.165) is 49.7 Å². The van der Waals surface area contributed by atoms with Gasteiger partial charge < -0.3 is 10.6 Å². The highest BCUT2D eigenvalue weighted by molar-refractivity contribution is 5.57. The van der Waals surface area contributed by atoms with Gasteiger partial charge in [0.15, 0.2) is 0 Å². The van der Waals surface area contributed by atoms with Gasteiger partial charge in [0, 0.05) is 38.3 Å². The maximum Gasteiger partial charge on any atom is 0.134 e. The molecule has 0 aliphatic carbocycles. The predicted octanol–water partition coefficient (Wildman–Crippen LogP) is 2.25. The Kier molecular flexibility index (Phi) is 5.54. The molecule has 2 heterocycles. The minimum absolute atomic E-state index is 0.816. The van der Waals surface area contributed by atoms with E-state index in [9.17, 15) is 0 Å². The molecule has 0 unspecified atom stereocenters. The third kappa shape index (κ3) is 4.18. The number of hydrogen-bond donors (Lipinski definition) is 2. The van der Waals surface area contributed by atoms with E-state index in [2.05, 4.69) is 39.5 Å². The molecule has 0 radical (unpaired) electrons. The largest absolute Gasteiger partial charge is 0.370 e. The summed E-state index contributed by atoms with van der Waals surface area (Å²) in [5.41, 5.74) is 2.26. The first-order valence-electron chi connectivity index (χ1n) is 7.54. The second-order valence-corrected chi connectivity index (χ2v) is 4.99. The average Bonchev–Trinajstić information content (AvgIpc) is 2.88. The lowest BCUT2D eigenvalue weighted by Gasteiger charge is -2.14. The van der Waals surface area contributed by atoms with E-state index in [1.165, 1.54) is 5.56 Å². The molecule has 0 saturated heterocycles. The molecule has 0 bridgehead atoms. The first kappa shape index (κ1) is 15.3. The van der Waals surface area contributed by atoms with Crippen molar-refractivity contribution in [2.45, 2.75) is 33.1 Å². The smallest absolute Gasteiger partial charge is 0.134 e. The van der Waals surface area contributed by atoms with Crippen molar-refractivity contribution in [3.63, 3.8) is 0 Å². The highest BCUT2D eigenvalue weighted by Crippen LogP contribution is 2.21. The van der Waals surface area contributed by atoms with Crippen molar-refractivity contribution >= 4 is 11.6 Å². The van der Waals surface area contributed by atoms with Gasteiger partial charge >= 0.3 is 0 Å². The van der Waals surface area contributed by atoms with Crippen LogP contribution < -0.4 is 10.6 Å². The molecule has 0 saturated carbocycles. The molecule has 2 rings (SSSR count). The third-order valence-electron chi connectivity index (χ3n) is 3.23. The number of aryl methyl sites for hydroxylation is 1. The van der Waals surface area contributed by atoms with Crippen molar-refractivity contribution in [1.29, 1.82) is 0 Å². The van der Waals surface area contributed by atoms with Crippen LogP contribution in [0, 0.1) is 0 Å². The molecule has 0 aromatic carbocycles. The van der Waals surface area contributed by atoms with Gasteiger partial charge in [-0.05, 0) is 19.4 Å². The van der Waals surface area contributed by atoms with Crippen LogP contribution in [0.2, 0.25) is 0 Å². The Morgan fingerprint density at radius 1 is 1.10 bits per heavy atom. The summed E-state index contributed by atoms with van der Waals surface area (Å²) in [5, 5.41) is 11.1. The number of anilines is 2. The van der Waals surface area contributed by atoms with Crippen molar-refractivity contribution in [3.05, 3.63) is 29.8 Å². The molecule has 6 nitrogen and oxygen atoms in total. The molecule has 0 spiro atoms. The fourth-order valence-corrected chi connectivity index (χ4v) is 2.28. The summed E-state index contributed by atoms with van der Waals surface area (Å²) in [4.78, 5) is 8.73. The summed E-state index contributed by atoms with van der Waals surface area (Å²) in [7, 11) is 1.93. The van der Waals surface area contributed by atoms with Crippen LogP contribution in [0.1, 0.15) is 31.5 Å². The van der Waals surface area contributed by atoms with Gasteiger partial charge in [-0.2, -0.15) is 5.10 Å². The lowest BCUT2D eigenvalue weighted by Crippen LogP contribution is -2.12. The van der Waals surface area contributed by atoms with Crippen LogP contribution in [-0.2, 0) is 19.9 Å². The number of aromatic nitrogens is 4. The SMILES string of the molecule is CCCc1c(NCC)ncnc1NCCc1ccn(C)n1. The van der Waals surface area contributed by atoms with E-state index in [1.54, 1.807) is 6.33 Å². The zero-order chi connectivity index (χ0) is 15.1. The number of nitrogens with zero attached hydrogens (tertiary/aromatic N) is 4. The molecule has 21 heavy (non-hydrogen) atoms. The van der Waals surface area contributed by atoms with Crippen LogP contribution in [0.15, 0.2) is 18.6 Å². The van der Waals surface area contributed by atoms with Crippen molar-refractivity contribution < 1.29 is 0 Å². The number of hydrogen-bond acceptors (Lipinski definition) is 5. The molecule has 2 N–H and O–H groups in total. The van der Waals surface area contributed by atoms with E-state index >= 15 is 0 Å². The van der Waals surface area contributed by atoms with Crippen LogP contribution in [-0.4, -0.2) is 32.8 Å². The van der Waals surface area contributed by atoms with Gasteiger partial charge in [-0.3, -0.25) is 4.68 Å². The normalized spacial score (nSPS) is 10.6. The fourth-order valence-electron chi connectivity index (χ4n) is 2.28. The van der Waals surface area contributed by atoms with Gasteiger partial charge in [0.05, 0.1) is 5.69 Å². The third-order valence-corrected chi connectivity index (χ3v) is 3.23. The Balaban J connectivity index is 2.02. The zero-order valence-corrected chi connectivity index (χ0v) is 13.1. The fraction of sp³-hybridized carbons (Fsp3) is 0.533. The first-order valence-corrected chi connectivity index (χ1v) is 7.54. The maximum absolute atomic E-state index is 4.39. The molecule has 6 heteroatoms. The minimum atomic E-state index is 0.816. The van der Waals surface area contributed by atoms with Gasteiger partial charge in [-0.1, -0.05) is 13.3 Å². The van der Waals surface area contributed by atoms with Crippen molar-refractivity contribution in [2.75, 3.05) is 23.7 Å². The van der Waals surface area contributed by atoms with Crippen molar-refractivity contribution in [3.8, 4) is 0 Å². The Morgan fingerprint density at radius 3 is 2.48 bits per heavy atom. The van der Waals surface area contributed by atoms with Gasteiger partial charge in [0.25, 0.3) is 0 Å². The van der Waals surface area contributed by atoms with Gasteiger partial charge in [0.1, 0.15) is 18.0 Å². The lowest BCUT2D eigenvalue weighted by molar-refractivity contribution is 0.741. The second kappa shape index (κ2) is 7.61. The molecule has 0 aliphatic heterocycles. The lowest BCUT2D eigenvalue weighted by atomic mass is 10.1. The topological polar surface area (TPSA) is 67.7 Å². The molecule has 0 amide bonds. The van der Waals surface area contributed by atoms with E-state index in [4.69, 9.17) is 0 Å². The minimum Gasteiger partial charge on any atom is -0.370 e. The van der Waals surface area contributed by atoms with Crippen LogP contribution in [0.3, 0.4) is 0 Å². The summed E-state index contributed by atoms with van der Waals surface area (Å²) < 4.78 is 1.83. The molecule has 0 aliphatic rings. The van der Waals surface area contributed by atoms with Crippen LogP contribution >= 0.6 is 0 Å². The van der Waals surface area contributed by atoms with Crippen LogP contribution in [0.5, 0.6) is 0 Å².